The monoisotopic (exact) mass is 375 g/mol. The van der Waals surface area contributed by atoms with Crippen molar-refractivity contribution < 1.29 is 13.5 Å². The molecule has 4 nitrogen and oxygen atoms in total. The van der Waals surface area contributed by atoms with Crippen LogP contribution < -0.4 is 4.72 Å². The van der Waals surface area contributed by atoms with Crippen LogP contribution in [0.4, 0.5) is 0 Å². The normalized spacial score (nSPS) is 11.5. The molecule has 0 unspecified atom stereocenters. The first-order chi connectivity index (χ1) is 9.40. The zero-order chi connectivity index (χ0) is 14.8. The van der Waals surface area contributed by atoms with Gasteiger partial charge in [0.1, 0.15) is 5.75 Å². The van der Waals surface area contributed by atoms with Gasteiger partial charge in [-0.15, -0.1) is 0 Å². The molecular weight excluding hydrogens is 366 g/mol. The van der Waals surface area contributed by atoms with Crippen LogP contribution in [0, 0.1) is 0 Å². The number of hydrogen-bond acceptors (Lipinski definition) is 3. The minimum atomic E-state index is -3.66. The van der Waals surface area contributed by atoms with Gasteiger partial charge in [0.15, 0.2) is 0 Å². The van der Waals surface area contributed by atoms with E-state index in [0.29, 0.717) is 15.1 Å². The Morgan fingerprint density at radius 1 is 1.20 bits per heavy atom. The average molecular weight is 377 g/mol. The molecule has 0 bridgehead atoms. The zero-order valence-electron chi connectivity index (χ0n) is 10.2. The Kier molecular flexibility index (Phi) is 4.70. The van der Waals surface area contributed by atoms with Crippen LogP contribution in [-0.2, 0) is 16.6 Å². The van der Waals surface area contributed by atoms with Crippen molar-refractivity contribution in [2.45, 2.75) is 11.4 Å². The maximum atomic E-state index is 12.1. The van der Waals surface area contributed by atoms with Gasteiger partial charge >= 0.3 is 0 Å². The van der Waals surface area contributed by atoms with E-state index in [1.54, 1.807) is 18.2 Å². The lowest BCUT2D eigenvalue weighted by molar-refractivity contribution is 0.467. The quantitative estimate of drug-likeness (QED) is 0.860. The van der Waals surface area contributed by atoms with Gasteiger partial charge < -0.3 is 5.11 Å². The number of phenols is 1. The highest BCUT2D eigenvalue weighted by Gasteiger charge is 2.15. The number of rotatable bonds is 4. The molecule has 0 heterocycles. The summed E-state index contributed by atoms with van der Waals surface area (Å²) in [6.45, 7) is 0.00918. The van der Waals surface area contributed by atoms with Gasteiger partial charge in [-0.2, -0.15) is 0 Å². The van der Waals surface area contributed by atoms with Crippen LogP contribution in [0.5, 0.6) is 5.75 Å². The van der Waals surface area contributed by atoms with Crippen molar-refractivity contribution in [3.05, 3.63) is 57.5 Å². The molecule has 0 aliphatic heterocycles. The van der Waals surface area contributed by atoms with Crippen LogP contribution in [0.15, 0.2) is 51.8 Å². The number of hydrogen-bond donors (Lipinski definition) is 2. The summed E-state index contributed by atoms with van der Waals surface area (Å²) in [6, 6.07) is 10.9. The van der Waals surface area contributed by atoms with E-state index in [-0.39, 0.29) is 17.2 Å². The molecule has 2 aromatic carbocycles. The van der Waals surface area contributed by atoms with Crippen molar-refractivity contribution in [2.24, 2.45) is 0 Å². The first-order valence-corrected chi connectivity index (χ1v) is 8.27. The lowest BCUT2D eigenvalue weighted by Gasteiger charge is -2.09. The molecule has 0 aromatic heterocycles. The molecule has 0 atom stereocenters. The van der Waals surface area contributed by atoms with Gasteiger partial charge in [0.25, 0.3) is 0 Å². The third-order valence-corrected chi connectivity index (χ3v) is 5.26. The molecule has 7 heteroatoms. The highest BCUT2D eigenvalue weighted by Crippen LogP contribution is 2.25. The predicted octanol–water partition coefficient (Wildman–Crippen LogP) is 3.29. The molecule has 0 saturated heterocycles. The Morgan fingerprint density at radius 3 is 2.55 bits per heavy atom. The lowest BCUT2D eigenvalue weighted by atomic mass is 10.2. The Bertz CT molecular complexity index is 734. The van der Waals surface area contributed by atoms with E-state index in [4.69, 9.17) is 11.6 Å². The van der Waals surface area contributed by atoms with Crippen molar-refractivity contribution in [3.63, 3.8) is 0 Å². The fraction of sp³-hybridized carbons (Fsp3) is 0.0769. The number of nitrogens with one attached hydrogen (secondary N) is 1. The van der Waals surface area contributed by atoms with E-state index in [1.165, 1.54) is 24.3 Å². The summed E-state index contributed by atoms with van der Waals surface area (Å²) in [4.78, 5) is 0.101. The second-order valence-corrected chi connectivity index (χ2v) is 7.06. The van der Waals surface area contributed by atoms with E-state index in [1.807, 2.05) is 0 Å². The number of aromatic hydroxyl groups is 1. The average Bonchev–Trinajstić information content (AvgIpc) is 2.41. The highest BCUT2D eigenvalue weighted by molar-refractivity contribution is 9.10. The van der Waals surface area contributed by atoms with Crippen molar-refractivity contribution in [1.29, 1.82) is 0 Å². The fourth-order valence-electron chi connectivity index (χ4n) is 1.56. The van der Waals surface area contributed by atoms with Gasteiger partial charge in [-0.05, 0) is 40.2 Å². The van der Waals surface area contributed by atoms with Crippen LogP contribution in [0.3, 0.4) is 0 Å². The number of sulfonamides is 1. The van der Waals surface area contributed by atoms with Crippen LogP contribution in [0.1, 0.15) is 5.56 Å². The summed E-state index contributed by atoms with van der Waals surface area (Å²) in [7, 11) is -3.66. The van der Waals surface area contributed by atoms with E-state index < -0.39 is 10.0 Å². The van der Waals surface area contributed by atoms with E-state index in [9.17, 15) is 13.5 Å². The van der Waals surface area contributed by atoms with E-state index >= 15 is 0 Å². The molecule has 2 aromatic rings. The molecule has 0 amide bonds. The minimum Gasteiger partial charge on any atom is -0.508 e. The van der Waals surface area contributed by atoms with Crippen molar-refractivity contribution >= 4 is 37.6 Å². The van der Waals surface area contributed by atoms with Gasteiger partial charge in [0.05, 0.1) is 9.92 Å². The van der Waals surface area contributed by atoms with Crippen molar-refractivity contribution in [3.8, 4) is 5.75 Å². The first kappa shape index (κ1) is 15.3. The highest BCUT2D eigenvalue weighted by atomic mass is 79.9. The Morgan fingerprint density at radius 2 is 1.90 bits per heavy atom. The molecule has 20 heavy (non-hydrogen) atoms. The van der Waals surface area contributed by atoms with E-state index in [2.05, 4.69) is 20.7 Å². The smallest absolute Gasteiger partial charge is 0.240 e. The number of halogens is 2. The molecule has 2 rings (SSSR count). The largest absolute Gasteiger partial charge is 0.508 e. The molecule has 0 fully saturated rings. The molecule has 0 aliphatic carbocycles. The van der Waals surface area contributed by atoms with Crippen LogP contribution in [-0.4, -0.2) is 13.5 Å². The van der Waals surface area contributed by atoms with Gasteiger partial charge in [-0.3, -0.25) is 0 Å². The van der Waals surface area contributed by atoms with Gasteiger partial charge in [0, 0.05) is 16.6 Å². The third kappa shape index (κ3) is 3.52. The first-order valence-electron chi connectivity index (χ1n) is 5.62. The van der Waals surface area contributed by atoms with E-state index in [0.717, 1.165) is 0 Å². The summed E-state index contributed by atoms with van der Waals surface area (Å²) >= 11 is 9.01. The maximum absolute atomic E-state index is 12.1. The molecular formula is C13H11BrClNO3S. The summed E-state index contributed by atoms with van der Waals surface area (Å²) in [5, 5.41) is 10.0. The minimum absolute atomic E-state index is 0.00918. The molecule has 2 N–H and O–H groups in total. The number of benzene rings is 2. The number of para-hydroxylation sites is 1. The lowest BCUT2D eigenvalue weighted by Crippen LogP contribution is -2.23. The third-order valence-electron chi connectivity index (χ3n) is 2.65. The van der Waals surface area contributed by atoms with Crippen molar-refractivity contribution in [2.75, 3.05) is 0 Å². The Hall–Kier alpha value is -1.08. The summed E-state index contributed by atoms with van der Waals surface area (Å²) in [6.07, 6.45) is 0. The van der Waals surface area contributed by atoms with Crippen LogP contribution in [0.2, 0.25) is 5.02 Å². The Labute approximate surface area is 130 Å². The second-order valence-electron chi connectivity index (χ2n) is 4.03. The topological polar surface area (TPSA) is 66.4 Å². The summed E-state index contributed by atoms with van der Waals surface area (Å²) < 4.78 is 27.2. The summed E-state index contributed by atoms with van der Waals surface area (Å²) in [5.41, 5.74) is 0.504. The number of phenolic OH excluding ortho intramolecular Hbond substituents is 1. The Balaban J connectivity index is 2.19. The molecule has 0 saturated carbocycles. The SMILES string of the molecule is O=S(=O)(NCc1ccccc1O)c1ccc(Cl)c(Br)c1. The van der Waals surface area contributed by atoms with Gasteiger partial charge in [-0.25, -0.2) is 13.1 Å². The zero-order valence-corrected chi connectivity index (χ0v) is 13.3. The van der Waals surface area contributed by atoms with Crippen LogP contribution in [0.25, 0.3) is 0 Å². The molecule has 0 spiro atoms. The molecule has 0 aliphatic rings. The summed E-state index contributed by atoms with van der Waals surface area (Å²) in [5.74, 6) is 0.0486. The molecule has 0 radical (unpaired) electrons. The second kappa shape index (κ2) is 6.13. The predicted molar refractivity (Wildman–Crippen MR) is 81.3 cm³/mol. The standard InChI is InChI=1S/C13H11BrClNO3S/c14-11-7-10(5-6-12(11)15)20(18,19)16-8-9-3-1-2-4-13(9)17/h1-7,16-17H,8H2. The fourth-order valence-corrected chi connectivity index (χ4v) is 3.24. The maximum Gasteiger partial charge on any atom is 0.240 e. The van der Waals surface area contributed by atoms with Gasteiger partial charge in [0.2, 0.25) is 10.0 Å². The van der Waals surface area contributed by atoms with Crippen LogP contribution >= 0.6 is 27.5 Å². The molecule has 106 valence electrons. The van der Waals surface area contributed by atoms with Gasteiger partial charge in [-0.1, -0.05) is 29.8 Å². The van der Waals surface area contributed by atoms with Crippen molar-refractivity contribution in [1.82, 2.24) is 4.72 Å².